The second-order valence-corrected chi connectivity index (χ2v) is 28.0. The summed E-state index contributed by atoms with van der Waals surface area (Å²) in [6.45, 7) is 34.3. The first-order valence-electron chi connectivity index (χ1n) is 30.7. The highest BCUT2D eigenvalue weighted by Gasteiger charge is 2.45. The molecule has 2 aliphatic heterocycles. The Labute approximate surface area is 498 Å². The molecule has 9 aromatic carbocycles. The van der Waals surface area contributed by atoms with Gasteiger partial charge < -0.3 is 19.6 Å². The number of nitrogens with zero attached hydrogens (tertiary/aromatic N) is 4. The number of unbranched alkanes of at least 4 members (excludes halogenated alkanes) is 3. The molecule has 0 bridgehead atoms. The summed E-state index contributed by atoms with van der Waals surface area (Å²) in [6, 6.07) is 75.4. The molecule has 0 radical (unpaired) electrons. The molecule has 2 aliphatic rings. The molecule has 0 fully saturated rings. The van der Waals surface area contributed by atoms with Crippen molar-refractivity contribution in [3.8, 4) is 0 Å². The molecule has 0 unspecified atom stereocenters. The molecule has 0 spiro atoms. The third-order valence-corrected chi connectivity index (χ3v) is 17.5. The lowest BCUT2D eigenvalue weighted by Crippen LogP contribution is -2.61. The number of aryl methyl sites for hydroxylation is 3. The van der Waals surface area contributed by atoms with Crippen LogP contribution in [0.1, 0.15) is 155 Å². The maximum atomic E-state index is 2.62. The van der Waals surface area contributed by atoms with E-state index in [2.05, 4.69) is 318 Å². The molecule has 0 aromatic heterocycles. The molecule has 0 saturated heterocycles. The number of rotatable bonds is 13. The van der Waals surface area contributed by atoms with E-state index in [1.807, 2.05) is 0 Å². The Morgan fingerprint density at radius 1 is 0.337 bits per heavy atom. The fourth-order valence-corrected chi connectivity index (χ4v) is 12.4. The fraction of sp³-hybridized carbons (Fsp3) is 0.308. The molecule has 0 atom stereocenters. The third kappa shape index (κ3) is 11.4. The summed E-state index contributed by atoms with van der Waals surface area (Å²) >= 11 is 0. The zero-order valence-electron chi connectivity index (χ0n) is 52.4. The maximum absolute atomic E-state index is 2.62. The fourth-order valence-electron chi connectivity index (χ4n) is 12.4. The SMILES string of the molecule is CCCCCCc1ccc(N2c3cc(N(c4ccc(C(C)(C)C)cc4)c4ccc(C(C)(C)C)cc4)ccc3B3c4cc(C(C)(C)C)ccc4N(c4ccc(C(C)(C)C)cc4)c4cc(N(c5ccc(C)cc5)c5ccc(C)cc5)cc2c43)cc1. The summed E-state index contributed by atoms with van der Waals surface area (Å²) in [7, 11) is 0. The van der Waals surface area contributed by atoms with E-state index in [0.29, 0.717) is 0 Å². The molecule has 9 aromatic rings. The predicted molar refractivity (Wildman–Crippen MR) is 362 cm³/mol. The van der Waals surface area contributed by atoms with Crippen molar-refractivity contribution in [2.24, 2.45) is 0 Å². The van der Waals surface area contributed by atoms with Crippen molar-refractivity contribution in [3.63, 3.8) is 0 Å². The maximum Gasteiger partial charge on any atom is 0.252 e. The van der Waals surface area contributed by atoms with Gasteiger partial charge in [-0.2, -0.15) is 0 Å². The molecule has 5 heteroatoms. The van der Waals surface area contributed by atoms with E-state index >= 15 is 0 Å². The smallest absolute Gasteiger partial charge is 0.252 e. The van der Waals surface area contributed by atoms with Crippen molar-refractivity contribution in [2.75, 3.05) is 19.6 Å². The molecule has 0 N–H and O–H groups in total. The van der Waals surface area contributed by atoms with Gasteiger partial charge in [-0.05, 0) is 196 Å². The van der Waals surface area contributed by atoms with Crippen molar-refractivity contribution < 1.29 is 0 Å². The molecule has 2 heterocycles. The number of anilines is 12. The van der Waals surface area contributed by atoms with E-state index in [0.717, 1.165) is 51.9 Å². The second-order valence-electron chi connectivity index (χ2n) is 28.0. The summed E-state index contributed by atoms with van der Waals surface area (Å²) < 4.78 is 0. The first-order chi connectivity index (χ1) is 39.5. The van der Waals surface area contributed by atoms with Crippen molar-refractivity contribution in [1.29, 1.82) is 0 Å². The summed E-state index contributed by atoms with van der Waals surface area (Å²) in [6.07, 6.45) is 6.02. The molecule has 422 valence electrons. The van der Waals surface area contributed by atoms with Gasteiger partial charge >= 0.3 is 0 Å². The van der Waals surface area contributed by atoms with Gasteiger partial charge in [0.05, 0.1) is 5.69 Å². The van der Waals surface area contributed by atoms with Gasteiger partial charge in [0.2, 0.25) is 0 Å². The van der Waals surface area contributed by atoms with Crippen LogP contribution in [-0.4, -0.2) is 6.71 Å². The highest BCUT2D eigenvalue weighted by molar-refractivity contribution is 7.00. The number of fused-ring (bicyclic) bond motifs is 4. The van der Waals surface area contributed by atoms with Crippen LogP contribution >= 0.6 is 0 Å². The van der Waals surface area contributed by atoms with Crippen LogP contribution in [0.5, 0.6) is 0 Å². The Kier molecular flexibility index (Phi) is 15.2. The van der Waals surface area contributed by atoms with E-state index in [9.17, 15) is 0 Å². The lowest BCUT2D eigenvalue weighted by molar-refractivity contribution is 0.590. The Morgan fingerprint density at radius 2 is 0.723 bits per heavy atom. The zero-order valence-corrected chi connectivity index (χ0v) is 52.4. The van der Waals surface area contributed by atoms with E-state index in [-0.39, 0.29) is 28.4 Å². The third-order valence-electron chi connectivity index (χ3n) is 17.5. The Balaban J connectivity index is 1.23. The number of hydrogen-bond acceptors (Lipinski definition) is 4. The second kappa shape index (κ2) is 22.1. The van der Waals surface area contributed by atoms with Gasteiger partial charge in [0.1, 0.15) is 0 Å². The van der Waals surface area contributed by atoms with Crippen molar-refractivity contribution in [1.82, 2.24) is 0 Å². The van der Waals surface area contributed by atoms with Gasteiger partial charge in [-0.3, -0.25) is 0 Å². The van der Waals surface area contributed by atoms with Crippen LogP contribution in [0.4, 0.5) is 68.2 Å². The highest BCUT2D eigenvalue weighted by atomic mass is 15.2. The van der Waals surface area contributed by atoms with Crippen molar-refractivity contribution in [3.05, 3.63) is 233 Å². The summed E-state index contributed by atoms with van der Waals surface area (Å²) in [4.78, 5) is 10.1. The normalized spacial score (nSPS) is 13.2. The summed E-state index contributed by atoms with van der Waals surface area (Å²) in [5.74, 6) is 0. The average Bonchev–Trinajstić information content (AvgIpc) is 0.823. The minimum atomic E-state index is -0.0904. The van der Waals surface area contributed by atoms with Gasteiger partial charge in [-0.1, -0.05) is 211 Å². The molecule has 83 heavy (non-hydrogen) atoms. The van der Waals surface area contributed by atoms with Crippen molar-refractivity contribution >= 4 is 91.3 Å². The summed E-state index contributed by atoms with van der Waals surface area (Å²) in [5, 5.41) is 0. The van der Waals surface area contributed by atoms with Crippen LogP contribution in [0.3, 0.4) is 0 Å². The topological polar surface area (TPSA) is 13.0 Å². The van der Waals surface area contributed by atoms with E-state index in [1.54, 1.807) is 0 Å². The lowest BCUT2D eigenvalue weighted by atomic mass is 9.33. The van der Waals surface area contributed by atoms with Crippen LogP contribution in [-0.2, 0) is 28.1 Å². The van der Waals surface area contributed by atoms with Crippen LogP contribution in [0.2, 0.25) is 0 Å². The Morgan fingerprint density at radius 3 is 1.18 bits per heavy atom. The van der Waals surface area contributed by atoms with Crippen LogP contribution in [0, 0.1) is 13.8 Å². The van der Waals surface area contributed by atoms with Crippen LogP contribution < -0.4 is 36.0 Å². The first-order valence-corrected chi connectivity index (χ1v) is 30.7. The minimum Gasteiger partial charge on any atom is -0.311 e. The quantitative estimate of drug-likeness (QED) is 0.0842. The highest BCUT2D eigenvalue weighted by Crippen LogP contribution is 2.50. The van der Waals surface area contributed by atoms with E-state index in [1.165, 1.54) is 104 Å². The number of benzene rings is 9. The molecular weight excluding hydrogens is 1000 g/mol. The lowest BCUT2D eigenvalue weighted by Gasteiger charge is -2.45. The molecule has 0 saturated carbocycles. The van der Waals surface area contributed by atoms with Gasteiger partial charge in [0.25, 0.3) is 6.71 Å². The monoisotopic (exact) mass is 1090 g/mol. The molecule has 0 amide bonds. The average molecular weight is 1090 g/mol. The standard InChI is InChI=1S/C78H87BN4/c1-16-17-18-19-20-55-25-38-64(39-26-55)83-71-50-66(80(62-40-27-56(28-41-62)75(4,5)6)63-42-29-57(30-43-63)76(7,8)9)46-47-68(71)79-69-49-59(78(13,14)15)33-48-70(69)82(65-44-31-58(32-45-65)77(10,11)12)72-51-67(52-73(83)74(72)79)81(60-34-21-53(2)22-35-60)61-36-23-54(3)24-37-61/h21-52H,16-20H2,1-15H3. The van der Waals surface area contributed by atoms with Gasteiger partial charge in [0, 0.05) is 62.6 Å². The van der Waals surface area contributed by atoms with Crippen LogP contribution in [0.15, 0.2) is 194 Å². The largest absolute Gasteiger partial charge is 0.311 e. The molecular formula is C78H87BN4. The molecule has 4 nitrogen and oxygen atoms in total. The summed E-state index contributed by atoms with van der Waals surface area (Å²) in [5.41, 5.74) is 26.6. The molecule has 11 rings (SSSR count). The Hall–Kier alpha value is -7.76. The van der Waals surface area contributed by atoms with Crippen LogP contribution in [0.25, 0.3) is 0 Å². The van der Waals surface area contributed by atoms with Gasteiger partial charge in [-0.25, -0.2) is 0 Å². The zero-order chi connectivity index (χ0) is 58.8. The number of hydrogen-bond donors (Lipinski definition) is 0. The Bertz CT molecular complexity index is 3650. The van der Waals surface area contributed by atoms with Gasteiger partial charge in [0.15, 0.2) is 0 Å². The minimum absolute atomic E-state index is 0.00214. The van der Waals surface area contributed by atoms with E-state index in [4.69, 9.17) is 0 Å². The predicted octanol–water partition coefficient (Wildman–Crippen LogP) is 20.6. The van der Waals surface area contributed by atoms with Crippen molar-refractivity contribution in [2.45, 2.75) is 158 Å². The molecule has 0 aliphatic carbocycles. The first kappa shape index (κ1) is 57.1. The van der Waals surface area contributed by atoms with E-state index < -0.39 is 0 Å². The van der Waals surface area contributed by atoms with Gasteiger partial charge in [-0.15, -0.1) is 0 Å².